The Morgan fingerprint density at radius 3 is 2.47 bits per heavy atom. The van der Waals surface area contributed by atoms with Crippen molar-refractivity contribution in [2.24, 2.45) is 5.92 Å². The fourth-order valence-corrected chi connectivity index (χ4v) is 1.90. The zero-order valence-electron chi connectivity index (χ0n) is 8.86. The molecule has 0 aliphatic heterocycles. The summed E-state index contributed by atoms with van der Waals surface area (Å²) in [4.78, 5) is 10.7. The smallest absolute Gasteiger partial charge is 0.452 e. The first-order valence-corrected chi connectivity index (χ1v) is 5.06. The van der Waals surface area contributed by atoms with Gasteiger partial charge in [0.15, 0.2) is 0 Å². The van der Waals surface area contributed by atoms with Crippen molar-refractivity contribution >= 4 is 5.97 Å². The topological polar surface area (TPSA) is 26.3 Å². The molecule has 0 amide bonds. The van der Waals surface area contributed by atoms with Gasteiger partial charge in [-0.1, -0.05) is 13.3 Å². The fourth-order valence-electron chi connectivity index (χ4n) is 1.90. The molecule has 0 aromatic heterocycles. The van der Waals surface area contributed by atoms with Gasteiger partial charge >= 0.3 is 12.1 Å². The maximum Gasteiger partial charge on any atom is 0.490 e. The first-order chi connectivity index (χ1) is 6.76. The molecular formula is C10H15F3O2. The van der Waals surface area contributed by atoms with E-state index in [4.69, 9.17) is 0 Å². The lowest BCUT2D eigenvalue weighted by Crippen LogP contribution is -2.44. The lowest BCUT2D eigenvalue weighted by Gasteiger charge is -2.39. The molecule has 1 saturated carbocycles. The molecule has 1 fully saturated rings. The number of alkyl halides is 3. The highest BCUT2D eigenvalue weighted by atomic mass is 19.4. The van der Waals surface area contributed by atoms with Crippen LogP contribution in [0.3, 0.4) is 0 Å². The number of ether oxygens (including phenoxy) is 1. The second-order valence-corrected chi connectivity index (χ2v) is 4.35. The molecule has 0 unspecified atom stereocenters. The highest BCUT2D eigenvalue weighted by molar-refractivity contribution is 5.76. The van der Waals surface area contributed by atoms with Gasteiger partial charge in [-0.05, 0) is 32.1 Å². The summed E-state index contributed by atoms with van der Waals surface area (Å²) in [6, 6.07) is 0. The molecule has 0 N–H and O–H groups in total. The highest BCUT2D eigenvalue weighted by Crippen LogP contribution is 2.37. The van der Waals surface area contributed by atoms with E-state index in [-0.39, 0.29) is 5.92 Å². The molecule has 0 saturated heterocycles. The van der Waals surface area contributed by atoms with Crippen molar-refractivity contribution in [3.63, 3.8) is 0 Å². The van der Waals surface area contributed by atoms with Gasteiger partial charge in [-0.3, -0.25) is 0 Å². The van der Waals surface area contributed by atoms with Crippen LogP contribution < -0.4 is 0 Å². The van der Waals surface area contributed by atoms with E-state index < -0.39 is 17.7 Å². The van der Waals surface area contributed by atoms with Gasteiger partial charge in [0.25, 0.3) is 0 Å². The zero-order valence-corrected chi connectivity index (χ0v) is 8.86. The summed E-state index contributed by atoms with van der Waals surface area (Å²) in [5.41, 5.74) is -0.954. The molecule has 2 atom stereocenters. The van der Waals surface area contributed by atoms with E-state index in [0.29, 0.717) is 6.42 Å². The van der Waals surface area contributed by atoms with Gasteiger partial charge in [0.05, 0.1) is 0 Å². The van der Waals surface area contributed by atoms with Crippen molar-refractivity contribution in [1.82, 2.24) is 0 Å². The van der Waals surface area contributed by atoms with E-state index in [1.54, 1.807) is 6.92 Å². The summed E-state index contributed by atoms with van der Waals surface area (Å²) in [5, 5.41) is 0. The summed E-state index contributed by atoms with van der Waals surface area (Å²) >= 11 is 0. The zero-order chi connectivity index (χ0) is 11.7. The molecule has 0 radical (unpaired) electrons. The molecule has 1 aliphatic rings. The van der Waals surface area contributed by atoms with Crippen molar-refractivity contribution < 1.29 is 22.7 Å². The van der Waals surface area contributed by atoms with Crippen LogP contribution in [0.25, 0.3) is 0 Å². The molecule has 0 bridgehead atoms. The van der Waals surface area contributed by atoms with Crippen LogP contribution in [0.2, 0.25) is 0 Å². The molecule has 5 heteroatoms. The first kappa shape index (κ1) is 12.3. The van der Waals surface area contributed by atoms with Gasteiger partial charge in [0, 0.05) is 0 Å². The van der Waals surface area contributed by atoms with Gasteiger partial charge in [0.1, 0.15) is 5.60 Å². The SMILES string of the molecule is C[C@H]1CCCC[C@]1(C)OC(=O)C(F)(F)F. The number of rotatable bonds is 1. The van der Waals surface area contributed by atoms with E-state index in [1.165, 1.54) is 0 Å². The number of carbonyl (C=O) groups is 1. The minimum Gasteiger partial charge on any atom is -0.452 e. The predicted molar refractivity (Wildman–Crippen MR) is 48.2 cm³/mol. The van der Waals surface area contributed by atoms with E-state index in [9.17, 15) is 18.0 Å². The third kappa shape index (κ3) is 2.86. The van der Waals surface area contributed by atoms with E-state index in [0.717, 1.165) is 19.3 Å². The molecule has 1 rings (SSSR count). The van der Waals surface area contributed by atoms with Crippen LogP contribution >= 0.6 is 0 Å². The average Bonchev–Trinajstić information content (AvgIpc) is 2.09. The normalized spacial score (nSPS) is 32.5. The van der Waals surface area contributed by atoms with Crippen molar-refractivity contribution in [2.45, 2.75) is 51.3 Å². The molecule has 2 nitrogen and oxygen atoms in total. The van der Waals surface area contributed by atoms with E-state index in [2.05, 4.69) is 4.74 Å². The Labute approximate surface area is 86.8 Å². The highest BCUT2D eigenvalue weighted by Gasteiger charge is 2.47. The van der Waals surface area contributed by atoms with Crippen molar-refractivity contribution in [2.75, 3.05) is 0 Å². The molecule has 88 valence electrons. The number of hydrogen-bond acceptors (Lipinski definition) is 2. The lowest BCUT2D eigenvalue weighted by molar-refractivity contribution is -0.219. The summed E-state index contributed by atoms with van der Waals surface area (Å²) in [5.74, 6) is -2.09. The van der Waals surface area contributed by atoms with Crippen LogP contribution in [0, 0.1) is 5.92 Å². The van der Waals surface area contributed by atoms with Crippen LogP contribution in [0.4, 0.5) is 13.2 Å². The number of halogens is 3. The minimum atomic E-state index is -4.89. The summed E-state index contributed by atoms with van der Waals surface area (Å²) < 4.78 is 40.7. The Morgan fingerprint density at radius 2 is 2.00 bits per heavy atom. The molecule has 0 aromatic rings. The molecule has 1 aliphatic carbocycles. The molecule has 15 heavy (non-hydrogen) atoms. The summed E-state index contributed by atoms with van der Waals surface area (Å²) in [6.45, 7) is 3.41. The van der Waals surface area contributed by atoms with Crippen LogP contribution in [0.15, 0.2) is 0 Å². The van der Waals surface area contributed by atoms with Gasteiger partial charge in [-0.25, -0.2) is 4.79 Å². The average molecular weight is 224 g/mol. The maximum atomic E-state index is 12.0. The molecule has 0 spiro atoms. The minimum absolute atomic E-state index is 0.0162. The monoisotopic (exact) mass is 224 g/mol. The fraction of sp³-hybridized carbons (Fsp3) is 0.900. The maximum absolute atomic E-state index is 12.0. The van der Waals surface area contributed by atoms with Crippen molar-refractivity contribution in [1.29, 1.82) is 0 Å². The Kier molecular flexibility index (Phi) is 3.31. The second-order valence-electron chi connectivity index (χ2n) is 4.35. The van der Waals surface area contributed by atoms with Crippen LogP contribution in [0.1, 0.15) is 39.5 Å². The lowest BCUT2D eigenvalue weighted by atomic mass is 9.77. The van der Waals surface area contributed by atoms with E-state index >= 15 is 0 Å². The number of carbonyl (C=O) groups excluding carboxylic acids is 1. The molecule has 0 heterocycles. The van der Waals surface area contributed by atoms with Crippen molar-refractivity contribution in [3.8, 4) is 0 Å². The van der Waals surface area contributed by atoms with Gasteiger partial charge in [-0.15, -0.1) is 0 Å². The van der Waals surface area contributed by atoms with Crippen LogP contribution in [0.5, 0.6) is 0 Å². The summed E-state index contributed by atoms with van der Waals surface area (Å²) in [6.07, 6.45) is -1.77. The van der Waals surface area contributed by atoms with Crippen molar-refractivity contribution in [3.05, 3.63) is 0 Å². The number of esters is 1. The van der Waals surface area contributed by atoms with Crippen LogP contribution in [-0.4, -0.2) is 17.7 Å². The third-order valence-electron chi connectivity index (χ3n) is 3.16. The first-order valence-electron chi connectivity index (χ1n) is 5.06. The predicted octanol–water partition coefficient (Wildman–Crippen LogP) is 3.06. The van der Waals surface area contributed by atoms with Gasteiger partial charge in [0.2, 0.25) is 0 Å². The quantitative estimate of drug-likeness (QED) is 0.640. The Morgan fingerprint density at radius 1 is 1.40 bits per heavy atom. The van der Waals surface area contributed by atoms with Crippen LogP contribution in [-0.2, 0) is 9.53 Å². The third-order valence-corrected chi connectivity index (χ3v) is 3.16. The molecular weight excluding hydrogens is 209 g/mol. The second kappa shape index (κ2) is 4.02. The van der Waals surface area contributed by atoms with Gasteiger partial charge in [-0.2, -0.15) is 13.2 Å². The molecule has 0 aromatic carbocycles. The van der Waals surface area contributed by atoms with E-state index in [1.807, 2.05) is 6.92 Å². The summed E-state index contributed by atoms with van der Waals surface area (Å²) in [7, 11) is 0. The number of hydrogen-bond donors (Lipinski definition) is 0. The van der Waals surface area contributed by atoms with Gasteiger partial charge < -0.3 is 4.74 Å². The Bertz CT molecular complexity index is 250. The standard InChI is InChI=1S/C10H15F3O2/c1-7-5-3-4-6-9(7,2)15-8(14)10(11,12)13/h7H,3-6H2,1-2H3/t7-,9-/m0/s1. The Balaban J connectivity index is 2.66. The largest absolute Gasteiger partial charge is 0.490 e. The Hall–Kier alpha value is -0.740.